The molecule has 3 N–H and O–H groups in total. The lowest BCUT2D eigenvalue weighted by Crippen LogP contribution is -2.36. The summed E-state index contributed by atoms with van der Waals surface area (Å²) in [7, 11) is 2.32. The molecule has 0 unspecified atom stereocenters. The van der Waals surface area contributed by atoms with E-state index in [0.29, 0.717) is 17.8 Å². The number of guanidine groups is 1. The Morgan fingerprint density at radius 2 is 1.75 bits per heavy atom. The average Bonchev–Trinajstić information content (AvgIpc) is 2.70. The van der Waals surface area contributed by atoms with Crippen molar-refractivity contribution in [3.63, 3.8) is 0 Å². The molecular formula is C18H18N4O5S. The van der Waals surface area contributed by atoms with Crippen molar-refractivity contribution in [3.8, 4) is 0 Å². The summed E-state index contributed by atoms with van der Waals surface area (Å²) >= 11 is 1.49. The molecule has 0 aliphatic heterocycles. The minimum atomic E-state index is -0.932. The van der Waals surface area contributed by atoms with E-state index in [0.717, 1.165) is 16.9 Å². The average molecular weight is 402 g/mol. The smallest absolute Gasteiger partial charge is 0.436 e. The number of hydrogen-bond acceptors (Lipinski definition) is 6. The Hall–Kier alpha value is -3.53. The highest BCUT2D eigenvalue weighted by molar-refractivity contribution is 7.99. The van der Waals surface area contributed by atoms with Gasteiger partial charge in [-0.1, -0.05) is 30.0 Å². The Bertz CT molecular complexity index is 874. The van der Waals surface area contributed by atoms with Crippen LogP contribution in [0.5, 0.6) is 0 Å². The third kappa shape index (κ3) is 6.32. The highest BCUT2D eigenvalue weighted by Gasteiger charge is 2.12. The number of carbonyl (C=O) groups is 3. The Kier molecular flexibility index (Phi) is 7.85. The number of methoxy groups -OCH3 is 2. The van der Waals surface area contributed by atoms with Crippen LogP contribution in [0.1, 0.15) is 0 Å². The van der Waals surface area contributed by atoms with Gasteiger partial charge in [0.15, 0.2) is 0 Å². The van der Waals surface area contributed by atoms with E-state index in [-0.39, 0.29) is 5.96 Å². The maximum atomic E-state index is 11.5. The number of anilines is 2. The zero-order chi connectivity index (χ0) is 20.4. The van der Waals surface area contributed by atoms with Crippen LogP contribution < -0.4 is 16.0 Å². The molecule has 9 nitrogen and oxygen atoms in total. The molecule has 0 aliphatic carbocycles. The van der Waals surface area contributed by atoms with Crippen molar-refractivity contribution in [1.82, 2.24) is 5.32 Å². The van der Waals surface area contributed by atoms with Gasteiger partial charge < -0.3 is 20.1 Å². The van der Waals surface area contributed by atoms with Crippen LogP contribution in [0.15, 0.2) is 63.3 Å². The molecule has 0 heterocycles. The van der Waals surface area contributed by atoms with Crippen LogP contribution in [0, 0.1) is 0 Å². The largest absolute Gasteiger partial charge is 0.453 e. The minimum absolute atomic E-state index is 0.227. The van der Waals surface area contributed by atoms with Crippen LogP contribution in [0.4, 0.5) is 21.0 Å². The first kappa shape index (κ1) is 20.8. The van der Waals surface area contributed by atoms with Gasteiger partial charge in [-0.3, -0.25) is 10.1 Å². The van der Waals surface area contributed by atoms with Crippen LogP contribution >= 0.6 is 11.8 Å². The van der Waals surface area contributed by atoms with Crippen LogP contribution in [0.3, 0.4) is 0 Å². The molecule has 146 valence electrons. The zero-order valence-electron chi connectivity index (χ0n) is 15.1. The van der Waals surface area contributed by atoms with Gasteiger partial charge in [-0.05, 0) is 30.3 Å². The van der Waals surface area contributed by atoms with Gasteiger partial charge >= 0.3 is 12.2 Å². The number of benzene rings is 2. The molecule has 0 fully saturated rings. The molecule has 0 spiro atoms. The van der Waals surface area contributed by atoms with E-state index in [1.54, 1.807) is 12.1 Å². The van der Waals surface area contributed by atoms with Gasteiger partial charge in [-0.15, -0.1) is 4.99 Å². The molecule has 28 heavy (non-hydrogen) atoms. The monoisotopic (exact) mass is 402 g/mol. The Labute approximate surface area is 165 Å². The van der Waals surface area contributed by atoms with E-state index in [1.165, 1.54) is 18.9 Å². The van der Waals surface area contributed by atoms with E-state index >= 15 is 0 Å². The van der Waals surface area contributed by atoms with Gasteiger partial charge in [-0.25, -0.2) is 9.59 Å². The van der Waals surface area contributed by atoms with Crippen molar-refractivity contribution in [2.45, 2.75) is 9.79 Å². The number of amides is 3. The van der Waals surface area contributed by atoms with E-state index in [9.17, 15) is 14.4 Å². The number of nitrogens with one attached hydrogen (secondary N) is 3. The molecule has 0 radical (unpaired) electrons. The summed E-state index contributed by atoms with van der Waals surface area (Å²) in [5.74, 6) is -0.227. The number of hydrogen-bond donors (Lipinski definition) is 3. The fourth-order valence-electron chi connectivity index (χ4n) is 2.00. The number of carbonyl (C=O) groups excluding carboxylic acids is 3. The van der Waals surface area contributed by atoms with Gasteiger partial charge in [0.1, 0.15) is 0 Å². The zero-order valence-corrected chi connectivity index (χ0v) is 15.9. The van der Waals surface area contributed by atoms with Gasteiger partial charge in [0.25, 0.3) is 0 Å². The summed E-state index contributed by atoms with van der Waals surface area (Å²) in [6, 6.07) is 14.9. The quantitative estimate of drug-likeness (QED) is 0.399. The lowest BCUT2D eigenvalue weighted by atomic mass is 10.2. The van der Waals surface area contributed by atoms with Crippen molar-refractivity contribution < 1.29 is 23.9 Å². The van der Waals surface area contributed by atoms with Crippen molar-refractivity contribution in [3.05, 3.63) is 48.5 Å². The van der Waals surface area contributed by atoms with Crippen molar-refractivity contribution >= 4 is 47.7 Å². The van der Waals surface area contributed by atoms with Gasteiger partial charge in [0.05, 0.1) is 25.6 Å². The summed E-state index contributed by atoms with van der Waals surface area (Å²) in [6.07, 6.45) is -1.26. The molecule has 0 aliphatic rings. The fraction of sp³-hybridized carbons (Fsp3) is 0.111. The predicted octanol–water partition coefficient (Wildman–Crippen LogP) is 3.30. The van der Waals surface area contributed by atoms with Gasteiger partial charge in [-0.2, -0.15) is 0 Å². The van der Waals surface area contributed by atoms with Crippen LogP contribution in [-0.4, -0.2) is 38.8 Å². The standard InChI is InChI=1S/C18H18N4O5S/c1-26-17(24)21-16(22-18(25)27-2)20-15-10-13(8-9-14(15)19-11-23)28-12-6-4-3-5-7-12/h3-11H,1-2H3,(H,19,23)(H2,20,21,22,24,25). The third-order valence-electron chi connectivity index (χ3n) is 3.22. The summed E-state index contributed by atoms with van der Waals surface area (Å²) < 4.78 is 8.99. The van der Waals surface area contributed by atoms with E-state index < -0.39 is 12.2 Å². The molecule has 0 saturated heterocycles. The van der Waals surface area contributed by atoms with E-state index in [1.807, 2.05) is 36.4 Å². The normalized spacial score (nSPS) is 10.6. The van der Waals surface area contributed by atoms with Crippen LogP contribution in [-0.2, 0) is 14.3 Å². The SMILES string of the molecule is COC(=O)/N=C(\NC(=O)OC)Nc1cc(Sc2ccccc2)ccc1NC=O. The van der Waals surface area contributed by atoms with Gasteiger partial charge in [0, 0.05) is 9.79 Å². The molecule has 10 heteroatoms. The maximum absolute atomic E-state index is 11.5. The molecule has 0 aromatic heterocycles. The number of ether oxygens (including phenoxy) is 2. The molecule has 0 saturated carbocycles. The second-order valence-electron chi connectivity index (χ2n) is 5.06. The maximum Gasteiger partial charge on any atom is 0.436 e. The Balaban J connectivity index is 2.33. The second-order valence-corrected chi connectivity index (χ2v) is 6.20. The Morgan fingerprint density at radius 1 is 1.00 bits per heavy atom. The molecule has 2 aromatic carbocycles. The summed E-state index contributed by atoms with van der Waals surface area (Å²) in [4.78, 5) is 39.4. The number of alkyl carbamates (subject to hydrolysis) is 1. The van der Waals surface area contributed by atoms with Crippen molar-refractivity contribution in [1.29, 1.82) is 0 Å². The lowest BCUT2D eigenvalue weighted by Gasteiger charge is -2.15. The molecule has 0 atom stereocenters. The highest BCUT2D eigenvalue weighted by Crippen LogP contribution is 2.32. The topological polar surface area (TPSA) is 118 Å². The predicted molar refractivity (Wildman–Crippen MR) is 106 cm³/mol. The summed E-state index contributed by atoms with van der Waals surface area (Å²) in [5.41, 5.74) is 0.809. The Morgan fingerprint density at radius 3 is 2.39 bits per heavy atom. The molecular weight excluding hydrogens is 384 g/mol. The van der Waals surface area contributed by atoms with Crippen LogP contribution in [0.2, 0.25) is 0 Å². The van der Waals surface area contributed by atoms with Crippen LogP contribution in [0.25, 0.3) is 0 Å². The lowest BCUT2D eigenvalue weighted by molar-refractivity contribution is -0.105. The van der Waals surface area contributed by atoms with Crippen molar-refractivity contribution in [2.75, 3.05) is 24.9 Å². The van der Waals surface area contributed by atoms with E-state index in [4.69, 9.17) is 0 Å². The molecule has 2 rings (SSSR count). The highest BCUT2D eigenvalue weighted by atomic mass is 32.2. The fourth-order valence-corrected chi connectivity index (χ4v) is 2.88. The summed E-state index contributed by atoms with van der Waals surface area (Å²) in [6.45, 7) is 0. The van der Waals surface area contributed by atoms with Gasteiger partial charge in [0.2, 0.25) is 12.4 Å². The first-order valence-electron chi connectivity index (χ1n) is 7.91. The molecule has 3 amide bonds. The second kappa shape index (κ2) is 10.6. The van der Waals surface area contributed by atoms with Crippen molar-refractivity contribution in [2.24, 2.45) is 4.99 Å². The molecule has 2 aromatic rings. The summed E-state index contributed by atoms with van der Waals surface area (Å²) in [5, 5.41) is 7.60. The first-order chi connectivity index (χ1) is 13.5. The number of aliphatic imine (C=N–C) groups is 1. The third-order valence-corrected chi connectivity index (χ3v) is 4.22. The minimum Gasteiger partial charge on any atom is -0.453 e. The molecule has 0 bridgehead atoms. The number of nitrogens with zero attached hydrogens (tertiary/aromatic N) is 1. The number of rotatable bonds is 5. The van der Waals surface area contributed by atoms with E-state index in [2.05, 4.69) is 30.4 Å². The first-order valence-corrected chi connectivity index (χ1v) is 8.73.